The summed E-state index contributed by atoms with van der Waals surface area (Å²) in [5.41, 5.74) is 0.489. The summed E-state index contributed by atoms with van der Waals surface area (Å²) in [6.07, 6.45) is 1.31. The van der Waals surface area contributed by atoms with Crippen LogP contribution in [-0.4, -0.2) is 19.0 Å². The molecular formula is C28H19FN2O4. The summed E-state index contributed by atoms with van der Waals surface area (Å²) in [5.74, 6) is -1.57. The second-order valence-corrected chi connectivity index (χ2v) is 7.43. The number of nitrogens with one attached hydrogen (secondary N) is 1. The number of ether oxygens (including phenoxy) is 2. The fourth-order valence-corrected chi connectivity index (χ4v) is 3.49. The van der Waals surface area contributed by atoms with Crippen LogP contribution in [0.2, 0.25) is 0 Å². The monoisotopic (exact) mass is 466 g/mol. The number of fused-ring (bicyclic) bond motifs is 1. The van der Waals surface area contributed by atoms with E-state index in [0.29, 0.717) is 16.9 Å². The van der Waals surface area contributed by atoms with Crippen LogP contribution in [0.25, 0.3) is 16.8 Å². The molecule has 6 nitrogen and oxygen atoms in total. The molecule has 0 heterocycles. The first-order valence-corrected chi connectivity index (χ1v) is 10.6. The molecule has 0 aliphatic rings. The zero-order valence-electron chi connectivity index (χ0n) is 18.6. The third-order valence-corrected chi connectivity index (χ3v) is 5.20. The molecular weight excluding hydrogens is 447 g/mol. The molecule has 0 bridgehead atoms. The largest absolute Gasteiger partial charge is 0.493 e. The van der Waals surface area contributed by atoms with E-state index in [0.717, 1.165) is 10.8 Å². The Hall–Kier alpha value is -4.96. The van der Waals surface area contributed by atoms with E-state index in [2.05, 4.69) is 5.32 Å². The molecule has 4 aromatic carbocycles. The van der Waals surface area contributed by atoms with Gasteiger partial charge in [-0.25, -0.2) is 9.18 Å². The van der Waals surface area contributed by atoms with Crippen molar-refractivity contribution in [1.82, 2.24) is 0 Å². The molecule has 0 saturated carbocycles. The van der Waals surface area contributed by atoms with Crippen molar-refractivity contribution in [2.75, 3.05) is 12.4 Å². The van der Waals surface area contributed by atoms with Crippen LogP contribution in [0.5, 0.6) is 11.5 Å². The summed E-state index contributed by atoms with van der Waals surface area (Å²) < 4.78 is 24.8. The Kier molecular flexibility index (Phi) is 6.84. The predicted octanol–water partition coefficient (Wildman–Crippen LogP) is 5.75. The Labute approximate surface area is 200 Å². The van der Waals surface area contributed by atoms with Gasteiger partial charge >= 0.3 is 5.97 Å². The van der Waals surface area contributed by atoms with Gasteiger partial charge in [-0.3, -0.25) is 4.79 Å². The van der Waals surface area contributed by atoms with Crippen LogP contribution in [0.4, 0.5) is 10.1 Å². The van der Waals surface area contributed by atoms with E-state index in [1.807, 2.05) is 36.4 Å². The van der Waals surface area contributed by atoms with Crippen LogP contribution in [-0.2, 0) is 4.79 Å². The van der Waals surface area contributed by atoms with Gasteiger partial charge in [0, 0.05) is 0 Å². The minimum absolute atomic E-state index is 0.0434. The lowest BCUT2D eigenvalue weighted by atomic mass is 10.0. The Bertz CT molecular complexity index is 1500. The summed E-state index contributed by atoms with van der Waals surface area (Å²) >= 11 is 0. The molecule has 1 amide bonds. The zero-order valence-corrected chi connectivity index (χ0v) is 18.6. The van der Waals surface area contributed by atoms with Crippen LogP contribution < -0.4 is 14.8 Å². The molecule has 0 radical (unpaired) electrons. The summed E-state index contributed by atoms with van der Waals surface area (Å²) in [4.78, 5) is 25.5. The van der Waals surface area contributed by atoms with Crippen molar-refractivity contribution in [2.45, 2.75) is 0 Å². The molecule has 0 aromatic heterocycles. The molecule has 7 heteroatoms. The molecule has 35 heavy (non-hydrogen) atoms. The Morgan fingerprint density at radius 2 is 1.69 bits per heavy atom. The first-order valence-electron chi connectivity index (χ1n) is 10.6. The van der Waals surface area contributed by atoms with Crippen molar-refractivity contribution in [3.8, 4) is 17.6 Å². The van der Waals surface area contributed by atoms with Gasteiger partial charge in [0.05, 0.1) is 18.4 Å². The Morgan fingerprint density at radius 3 is 2.46 bits per heavy atom. The number of carbonyl (C=O) groups is 2. The highest BCUT2D eigenvalue weighted by Crippen LogP contribution is 2.31. The second kappa shape index (κ2) is 10.3. The maximum Gasteiger partial charge on any atom is 0.344 e. The molecule has 0 aliphatic heterocycles. The highest BCUT2D eigenvalue weighted by Gasteiger charge is 2.17. The van der Waals surface area contributed by atoms with Gasteiger partial charge < -0.3 is 14.8 Å². The number of hydrogen-bond acceptors (Lipinski definition) is 5. The number of methoxy groups -OCH3 is 1. The number of benzene rings is 4. The van der Waals surface area contributed by atoms with Gasteiger partial charge in [-0.2, -0.15) is 5.26 Å². The Morgan fingerprint density at radius 1 is 0.943 bits per heavy atom. The number of esters is 1. The third kappa shape index (κ3) is 5.18. The predicted molar refractivity (Wildman–Crippen MR) is 131 cm³/mol. The molecule has 0 fully saturated rings. The van der Waals surface area contributed by atoms with E-state index >= 15 is 0 Å². The summed E-state index contributed by atoms with van der Waals surface area (Å²) in [7, 11) is 1.43. The molecule has 4 rings (SSSR count). The van der Waals surface area contributed by atoms with Crippen molar-refractivity contribution < 1.29 is 23.5 Å². The van der Waals surface area contributed by atoms with Crippen LogP contribution in [0.15, 0.2) is 90.5 Å². The quantitative estimate of drug-likeness (QED) is 0.169. The van der Waals surface area contributed by atoms with E-state index in [1.54, 1.807) is 30.3 Å². The Balaban J connectivity index is 1.62. The van der Waals surface area contributed by atoms with Crippen molar-refractivity contribution >= 4 is 34.4 Å². The number of nitriles is 1. The van der Waals surface area contributed by atoms with Gasteiger partial charge in [-0.1, -0.05) is 54.6 Å². The van der Waals surface area contributed by atoms with Gasteiger partial charge in [0.2, 0.25) is 0 Å². The first kappa shape index (κ1) is 23.2. The topological polar surface area (TPSA) is 88.4 Å². The maximum atomic E-state index is 13.9. The maximum absolute atomic E-state index is 13.9. The molecule has 0 saturated heterocycles. The number of halogens is 1. The van der Waals surface area contributed by atoms with Crippen LogP contribution >= 0.6 is 0 Å². The molecule has 172 valence electrons. The summed E-state index contributed by atoms with van der Waals surface area (Å²) in [6.45, 7) is 0. The van der Waals surface area contributed by atoms with Crippen molar-refractivity contribution in [1.29, 1.82) is 5.26 Å². The van der Waals surface area contributed by atoms with Crippen LogP contribution in [0.1, 0.15) is 15.9 Å². The van der Waals surface area contributed by atoms with Crippen molar-refractivity contribution in [2.24, 2.45) is 0 Å². The van der Waals surface area contributed by atoms with Crippen LogP contribution in [0.3, 0.4) is 0 Å². The smallest absolute Gasteiger partial charge is 0.344 e. The molecule has 1 N–H and O–H groups in total. The average molecular weight is 466 g/mol. The minimum atomic E-state index is -0.775. The van der Waals surface area contributed by atoms with Gasteiger partial charge in [0.25, 0.3) is 5.91 Å². The number of anilines is 1. The highest BCUT2D eigenvalue weighted by atomic mass is 19.1. The van der Waals surface area contributed by atoms with Gasteiger partial charge in [-0.15, -0.1) is 0 Å². The highest BCUT2D eigenvalue weighted by molar-refractivity contribution is 6.10. The van der Waals surface area contributed by atoms with Gasteiger partial charge in [0.1, 0.15) is 17.5 Å². The van der Waals surface area contributed by atoms with Crippen molar-refractivity contribution in [3.63, 3.8) is 0 Å². The number of para-hydroxylation sites is 1. The second-order valence-electron chi connectivity index (χ2n) is 7.43. The van der Waals surface area contributed by atoms with E-state index in [1.165, 1.54) is 37.5 Å². The summed E-state index contributed by atoms with van der Waals surface area (Å²) in [5, 5.41) is 13.5. The third-order valence-electron chi connectivity index (χ3n) is 5.20. The number of rotatable bonds is 6. The van der Waals surface area contributed by atoms with Crippen LogP contribution in [0, 0.1) is 17.1 Å². The lowest BCUT2D eigenvalue weighted by molar-refractivity contribution is -0.112. The molecule has 4 aromatic rings. The SMILES string of the molecule is COc1ccc(C=C(C#N)C(=O)Nc2ccccc2F)cc1OC(=O)c1cccc2ccccc12. The standard InChI is InChI=1S/C28H19FN2O4/c1-34-25-14-13-18(15-20(17-30)27(32)31-24-12-5-4-11-23(24)29)16-26(25)35-28(33)22-10-6-8-19-7-2-3-9-21(19)22/h2-16H,1H3,(H,31,32). The number of nitrogens with zero attached hydrogens (tertiary/aromatic N) is 1. The van der Waals surface area contributed by atoms with Gasteiger partial charge in [-0.05, 0) is 52.7 Å². The summed E-state index contributed by atoms with van der Waals surface area (Å²) in [6, 6.07) is 24.9. The molecule has 0 atom stereocenters. The van der Waals surface area contributed by atoms with E-state index in [4.69, 9.17) is 9.47 Å². The zero-order chi connectivity index (χ0) is 24.8. The number of amides is 1. The lowest BCUT2D eigenvalue weighted by Gasteiger charge is -2.11. The first-order chi connectivity index (χ1) is 17.0. The number of hydrogen-bond donors (Lipinski definition) is 1. The van der Waals surface area contributed by atoms with E-state index in [-0.39, 0.29) is 17.0 Å². The fraction of sp³-hybridized carbons (Fsp3) is 0.0357. The molecule has 0 spiro atoms. The normalized spacial score (nSPS) is 10.9. The molecule has 0 unspecified atom stereocenters. The number of carbonyl (C=O) groups excluding carboxylic acids is 2. The van der Waals surface area contributed by atoms with E-state index in [9.17, 15) is 19.2 Å². The average Bonchev–Trinajstić information content (AvgIpc) is 2.88. The lowest BCUT2D eigenvalue weighted by Crippen LogP contribution is -2.14. The van der Waals surface area contributed by atoms with Crippen molar-refractivity contribution in [3.05, 3.63) is 107 Å². The molecule has 0 aliphatic carbocycles. The minimum Gasteiger partial charge on any atom is -0.493 e. The van der Waals surface area contributed by atoms with E-state index < -0.39 is 17.7 Å². The van der Waals surface area contributed by atoms with Gasteiger partial charge in [0.15, 0.2) is 11.5 Å². The fourth-order valence-electron chi connectivity index (χ4n) is 3.49.